The molecule has 0 fully saturated rings. The minimum absolute atomic E-state index is 0.343. The van der Waals surface area contributed by atoms with E-state index in [1.165, 1.54) is 17.4 Å². The van der Waals surface area contributed by atoms with E-state index in [1.807, 2.05) is 0 Å². The van der Waals surface area contributed by atoms with E-state index in [1.54, 1.807) is 43.8 Å². The number of benzene rings is 1. The summed E-state index contributed by atoms with van der Waals surface area (Å²) in [5, 5.41) is 4.26. The number of nitrogens with zero attached hydrogens (tertiary/aromatic N) is 1. The highest BCUT2D eigenvalue weighted by atomic mass is 32.1. The van der Waals surface area contributed by atoms with Crippen LogP contribution in [0.15, 0.2) is 29.1 Å². The molecule has 2 aromatic rings. The van der Waals surface area contributed by atoms with E-state index in [9.17, 15) is 9.18 Å². The van der Waals surface area contributed by atoms with Crippen molar-refractivity contribution in [1.82, 2.24) is 4.98 Å². The number of nitrogens with one attached hydrogen (secondary N) is 1. The first-order valence-corrected chi connectivity index (χ1v) is 6.97. The lowest BCUT2D eigenvalue weighted by molar-refractivity contribution is 0.0636. The van der Waals surface area contributed by atoms with Gasteiger partial charge in [-0.15, -0.1) is 11.3 Å². The van der Waals surface area contributed by atoms with Gasteiger partial charge >= 0.3 is 6.09 Å². The van der Waals surface area contributed by atoms with Crippen LogP contribution in [0.25, 0.3) is 11.3 Å². The number of ether oxygens (including phenoxy) is 1. The zero-order chi connectivity index (χ0) is 14.8. The quantitative estimate of drug-likeness (QED) is 0.898. The minimum Gasteiger partial charge on any atom is -0.444 e. The molecule has 4 nitrogen and oxygen atoms in total. The van der Waals surface area contributed by atoms with Gasteiger partial charge in [-0.3, -0.25) is 5.32 Å². The normalized spacial score (nSPS) is 11.2. The first-order chi connectivity index (χ1) is 9.35. The third-order valence-corrected chi connectivity index (χ3v) is 2.91. The number of thiazole rings is 1. The third kappa shape index (κ3) is 3.77. The highest BCUT2D eigenvalue weighted by Gasteiger charge is 2.17. The SMILES string of the molecule is CC(C)(C)OC(=O)Nc1ccc(-c2cscn2)c(F)c1. The van der Waals surface area contributed by atoms with Gasteiger partial charge in [-0.1, -0.05) is 0 Å². The Morgan fingerprint density at radius 2 is 2.15 bits per heavy atom. The van der Waals surface area contributed by atoms with E-state index in [0.717, 1.165) is 0 Å². The number of hydrogen-bond acceptors (Lipinski definition) is 4. The van der Waals surface area contributed by atoms with Crippen molar-refractivity contribution in [3.05, 3.63) is 34.9 Å². The average Bonchev–Trinajstić information content (AvgIpc) is 2.79. The molecule has 1 amide bonds. The summed E-state index contributed by atoms with van der Waals surface area (Å²) in [6, 6.07) is 4.44. The lowest BCUT2D eigenvalue weighted by Gasteiger charge is -2.19. The van der Waals surface area contributed by atoms with Crippen molar-refractivity contribution in [2.75, 3.05) is 5.32 Å². The highest BCUT2D eigenvalue weighted by molar-refractivity contribution is 7.07. The molecular weight excluding hydrogens is 279 g/mol. The van der Waals surface area contributed by atoms with Crippen molar-refractivity contribution in [2.45, 2.75) is 26.4 Å². The first-order valence-electron chi connectivity index (χ1n) is 6.03. The molecule has 6 heteroatoms. The first kappa shape index (κ1) is 14.5. The smallest absolute Gasteiger partial charge is 0.412 e. The van der Waals surface area contributed by atoms with Crippen LogP contribution in [0.5, 0.6) is 0 Å². The van der Waals surface area contributed by atoms with E-state index < -0.39 is 17.5 Å². The number of anilines is 1. The predicted octanol–water partition coefficient (Wildman–Crippen LogP) is 4.30. The summed E-state index contributed by atoms with van der Waals surface area (Å²) < 4.78 is 19.1. The fourth-order valence-electron chi connectivity index (χ4n) is 1.57. The molecule has 2 rings (SSSR count). The molecule has 1 aromatic heterocycles. The van der Waals surface area contributed by atoms with Crippen LogP contribution in [0, 0.1) is 5.82 Å². The minimum atomic E-state index is -0.613. The molecule has 0 radical (unpaired) electrons. The van der Waals surface area contributed by atoms with Gasteiger partial charge in [-0.05, 0) is 39.0 Å². The Morgan fingerprint density at radius 1 is 1.40 bits per heavy atom. The second-order valence-electron chi connectivity index (χ2n) is 5.20. The molecule has 1 N–H and O–H groups in total. The molecular formula is C14H15FN2O2S. The molecule has 0 saturated heterocycles. The number of hydrogen-bond donors (Lipinski definition) is 1. The molecule has 1 heterocycles. The second-order valence-corrected chi connectivity index (χ2v) is 5.91. The Balaban J connectivity index is 2.12. The van der Waals surface area contributed by atoms with Crippen LogP contribution >= 0.6 is 11.3 Å². The van der Waals surface area contributed by atoms with Gasteiger partial charge < -0.3 is 4.74 Å². The van der Waals surface area contributed by atoms with Crippen molar-refractivity contribution in [1.29, 1.82) is 0 Å². The van der Waals surface area contributed by atoms with Crippen LogP contribution in [0.2, 0.25) is 0 Å². The number of halogens is 1. The largest absolute Gasteiger partial charge is 0.444 e. The Bertz CT molecular complexity index is 606. The number of amides is 1. The maximum absolute atomic E-state index is 14.0. The van der Waals surface area contributed by atoms with Crippen molar-refractivity contribution >= 4 is 23.1 Å². The van der Waals surface area contributed by atoms with Gasteiger partial charge in [0.2, 0.25) is 0 Å². The van der Waals surface area contributed by atoms with Crippen LogP contribution in [-0.2, 0) is 4.74 Å². The molecule has 0 bridgehead atoms. The monoisotopic (exact) mass is 294 g/mol. The molecule has 1 aromatic carbocycles. The van der Waals surface area contributed by atoms with E-state index in [4.69, 9.17) is 4.74 Å². The number of aromatic nitrogens is 1. The van der Waals surface area contributed by atoms with Crippen molar-refractivity contribution in [3.63, 3.8) is 0 Å². The third-order valence-electron chi connectivity index (χ3n) is 2.32. The van der Waals surface area contributed by atoms with Crippen LogP contribution in [0.3, 0.4) is 0 Å². The molecule has 0 spiro atoms. The Kier molecular flexibility index (Phi) is 4.04. The van der Waals surface area contributed by atoms with Crippen LogP contribution in [0.1, 0.15) is 20.8 Å². The van der Waals surface area contributed by atoms with E-state index >= 15 is 0 Å². The topological polar surface area (TPSA) is 51.2 Å². The predicted molar refractivity (Wildman–Crippen MR) is 77.4 cm³/mol. The van der Waals surface area contributed by atoms with E-state index in [0.29, 0.717) is 16.9 Å². The van der Waals surface area contributed by atoms with Crippen LogP contribution in [0.4, 0.5) is 14.9 Å². The number of carbonyl (C=O) groups is 1. The van der Waals surface area contributed by atoms with Gasteiger partial charge in [0.15, 0.2) is 0 Å². The number of rotatable bonds is 2. The van der Waals surface area contributed by atoms with Crippen LogP contribution < -0.4 is 5.32 Å². The van der Waals surface area contributed by atoms with Gasteiger partial charge in [-0.2, -0.15) is 0 Å². The van der Waals surface area contributed by atoms with Crippen molar-refractivity contribution in [2.24, 2.45) is 0 Å². The summed E-state index contributed by atoms with van der Waals surface area (Å²) in [6.45, 7) is 5.29. The zero-order valence-electron chi connectivity index (χ0n) is 11.4. The summed E-state index contributed by atoms with van der Waals surface area (Å²) in [5.41, 5.74) is 2.37. The zero-order valence-corrected chi connectivity index (χ0v) is 12.3. The lowest BCUT2D eigenvalue weighted by atomic mass is 10.1. The standard InChI is InChI=1S/C14H15FN2O2S/c1-14(2,3)19-13(18)17-9-4-5-10(11(15)6-9)12-7-20-8-16-12/h4-8H,1-3H3,(H,17,18). The molecule has 0 saturated carbocycles. The van der Waals surface area contributed by atoms with Gasteiger partial charge in [0.1, 0.15) is 11.4 Å². The molecule has 0 aliphatic carbocycles. The van der Waals surface area contributed by atoms with Crippen molar-refractivity contribution < 1.29 is 13.9 Å². The van der Waals surface area contributed by atoms with E-state index in [2.05, 4.69) is 10.3 Å². The summed E-state index contributed by atoms with van der Waals surface area (Å²) in [7, 11) is 0. The maximum atomic E-state index is 14.0. The van der Waals surface area contributed by atoms with Gasteiger partial charge in [0, 0.05) is 16.6 Å². The fourth-order valence-corrected chi connectivity index (χ4v) is 2.12. The summed E-state index contributed by atoms with van der Waals surface area (Å²) in [6.07, 6.45) is -0.613. The Hall–Kier alpha value is -1.95. The molecule has 0 unspecified atom stereocenters. The summed E-state index contributed by atoms with van der Waals surface area (Å²) in [5.74, 6) is -0.440. The van der Waals surface area contributed by atoms with Crippen LogP contribution in [-0.4, -0.2) is 16.7 Å². The fraction of sp³-hybridized carbons (Fsp3) is 0.286. The molecule has 20 heavy (non-hydrogen) atoms. The summed E-state index contributed by atoms with van der Waals surface area (Å²) in [4.78, 5) is 15.6. The summed E-state index contributed by atoms with van der Waals surface area (Å²) >= 11 is 1.40. The van der Waals surface area contributed by atoms with Gasteiger partial charge in [-0.25, -0.2) is 14.2 Å². The number of carbonyl (C=O) groups excluding carboxylic acids is 1. The molecule has 106 valence electrons. The highest BCUT2D eigenvalue weighted by Crippen LogP contribution is 2.25. The van der Waals surface area contributed by atoms with Gasteiger partial charge in [0.25, 0.3) is 0 Å². The average molecular weight is 294 g/mol. The van der Waals surface area contributed by atoms with E-state index in [-0.39, 0.29) is 0 Å². The second kappa shape index (κ2) is 5.58. The lowest BCUT2D eigenvalue weighted by Crippen LogP contribution is -2.27. The molecule has 0 atom stereocenters. The Labute approximate surface area is 120 Å². The molecule has 0 aliphatic heterocycles. The maximum Gasteiger partial charge on any atom is 0.412 e. The van der Waals surface area contributed by atoms with Crippen molar-refractivity contribution in [3.8, 4) is 11.3 Å². The Morgan fingerprint density at radius 3 is 2.70 bits per heavy atom. The van der Waals surface area contributed by atoms with Gasteiger partial charge in [0.05, 0.1) is 11.2 Å². The molecule has 0 aliphatic rings.